The minimum Gasteiger partial charge on any atom is -0.476 e. The summed E-state index contributed by atoms with van der Waals surface area (Å²) in [5, 5.41) is 8.36. The minimum atomic E-state index is -4.87. The molecule has 0 aliphatic carbocycles. The summed E-state index contributed by atoms with van der Waals surface area (Å²) in [6.45, 7) is 0. The molecule has 0 saturated carbocycles. The second kappa shape index (κ2) is 16.5. The van der Waals surface area contributed by atoms with Crippen LogP contribution in [0.2, 0.25) is 20.1 Å². The fraction of sp³-hybridized carbons (Fsp3) is 0.143. The molecule has 2 heterocycles. The summed E-state index contributed by atoms with van der Waals surface area (Å²) >= 11 is 22.4. The molecule has 0 fully saturated rings. The van der Waals surface area contributed by atoms with Gasteiger partial charge >= 0.3 is 18.3 Å². The van der Waals surface area contributed by atoms with Crippen molar-refractivity contribution in [1.29, 1.82) is 0 Å². The maximum atomic E-state index is 13.0. The molecule has 53 heavy (non-hydrogen) atoms. The summed E-state index contributed by atoms with van der Waals surface area (Å²) in [5.41, 5.74) is -4.55. The number of sulfonamides is 2. The Morgan fingerprint density at radius 3 is 1.45 bits per heavy atom. The highest BCUT2D eigenvalue weighted by molar-refractivity contribution is 7.93. The van der Waals surface area contributed by atoms with E-state index in [0.29, 0.717) is 12.1 Å². The molecule has 0 aliphatic rings. The van der Waals surface area contributed by atoms with E-state index in [1.807, 2.05) is 9.44 Å². The lowest BCUT2D eigenvalue weighted by Crippen LogP contribution is -2.28. The number of benzene rings is 2. The van der Waals surface area contributed by atoms with Gasteiger partial charge in [0.1, 0.15) is 0 Å². The number of alkyl halides is 6. The molecule has 0 aliphatic heterocycles. The van der Waals surface area contributed by atoms with Crippen LogP contribution in [0.15, 0.2) is 70.7 Å². The number of anilines is 2. The predicted molar refractivity (Wildman–Crippen MR) is 179 cm³/mol. The van der Waals surface area contributed by atoms with Crippen molar-refractivity contribution in [3.8, 4) is 0 Å². The molecule has 4 aromatic rings. The van der Waals surface area contributed by atoms with Crippen LogP contribution in [0.1, 0.15) is 32.1 Å². The van der Waals surface area contributed by atoms with Gasteiger partial charge in [0.05, 0.1) is 59.5 Å². The van der Waals surface area contributed by atoms with Gasteiger partial charge in [0, 0.05) is 19.4 Å². The lowest BCUT2D eigenvalue weighted by atomic mass is 10.2. The van der Waals surface area contributed by atoms with E-state index in [4.69, 9.17) is 56.3 Å². The molecule has 3 N–H and O–H groups in total. The summed E-state index contributed by atoms with van der Waals surface area (Å²) in [5.74, 6) is -2.37. The van der Waals surface area contributed by atoms with Gasteiger partial charge in [0.15, 0.2) is 11.4 Å². The number of amides is 1. The van der Waals surface area contributed by atoms with Gasteiger partial charge in [-0.3, -0.25) is 19.1 Å². The molecule has 0 saturated heterocycles. The Kier molecular flexibility index (Phi) is 13.5. The van der Waals surface area contributed by atoms with Gasteiger partial charge in [-0.2, -0.15) is 26.3 Å². The molecule has 13 nitrogen and oxygen atoms in total. The van der Waals surface area contributed by atoms with E-state index >= 15 is 0 Å². The van der Waals surface area contributed by atoms with E-state index in [9.17, 15) is 52.8 Å². The molecule has 25 heteroatoms. The summed E-state index contributed by atoms with van der Waals surface area (Å²) in [7, 11) is -6.64. The number of carboxylic acid groups (broad SMARTS) is 1. The number of hydroxylamine groups is 2. The van der Waals surface area contributed by atoms with Crippen LogP contribution in [0.25, 0.3) is 0 Å². The lowest BCUT2D eigenvalue weighted by Gasteiger charge is -2.17. The standard InChI is InChI=1S/C15H12Cl2F3N3O4S.C13H7Cl2F3N2O4S/c1-23(27-2)14(24)13-12(5-8(16)7-21-13)22-28(25,26)9-3-4-11(17)10(6-9)15(18,19)20;14-6-3-10(11(12(21)22)19-5-6)20-25(23,24)7-1-2-9(15)8(4-7)13(16,17)18/h3-7,22H,1-2H3;1-5,20H,(H,21,22). The minimum absolute atomic E-state index is 0.0126. The predicted octanol–water partition coefficient (Wildman–Crippen LogP) is 7.75. The quantitative estimate of drug-likeness (QED) is 0.111. The number of pyridine rings is 2. The third-order valence-corrected chi connectivity index (χ3v) is 10.1. The molecule has 0 atom stereocenters. The van der Waals surface area contributed by atoms with Gasteiger partial charge in [0.25, 0.3) is 26.0 Å². The largest absolute Gasteiger partial charge is 0.476 e. The highest BCUT2D eigenvalue weighted by atomic mass is 35.5. The van der Waals surface area contributed by atoms with Crippen LogP contribution in [-0.2, 0) is 37.2 Å². The van der Waals surface area contributed by atoms with Crippen molar-refractivity contribution in [2.75, 3.05) is 23.6 Å². The average molecular weight is 873 g/mol. The zero-order valence-electron chi connectivity index (χ0n) is 26.0. The van der Waals surface area contributed by atoms with Gasteiger partial charge < -0.3 is 5.11 Å². The Balaban J connectivity index is 0.000000287. The van der Waals surface area contributed by atoms with Crippen LogP contribution < -0.4 is 9.44 Å². The number of nitrogens with zero attached hydrogens (tertiary/aromatic N) is 3. The van der Waals surface area contributed by atoms with Gasteiger partial charge in [-0.1, -0.05) is 46.4 Å². The van der Waals surface area contributed by atoms with Crippen LogP contribution in [0.4, 0.5) is 37.7 Å². The van der Waals surface area contributed by atoms with Gasteiger partial charge in [-0.05, 0) is 48.5 Å². The number of aromatic carboxylic acids is 1. The van der Waals surface area contributed by atoms with Crippen LogP contribution >= 0.6 is 46.4 Å². The van der Waals surface area contributed by atoms with Crippen molar-refractivity contribution in [1.82, 2.24) is 15.0 Å². The number of carbonyl (C=O) groups excluding carboxylic acids is 1. The SMILES string of the molecule is CON(C)C(=O)c1ncc(Cl)cc1NS(=O)(=O)c1ccc(Cl)c(C(F)(F)F)c1.O=C(O)c1ncc(Cl)cc1NS(=O)(=O)c1ccc(Cl)c(C(F)(F)F)c1. The van der Waals surface area contributed by atoms with Crippen molar-refractivity contribution < 1.29 is 62.7 Å². The smallest absolute Gasteiger partial charge is 0.417 e. The number of rotatable bonds is 9. The summed E-state index contributed by atoms with van der Waals surface area (Å²) < 4.78 is 131. The summed E-state index contributed by atoms with van der Waals surface area (Å²) in [6.07, 6.45) is -7.65. The maximum absolute atomic E-state index is 13.0. The lowest BCUT2D eigenvalue weighted by molar-refractivity contribution is -0.138. The first-order valence-corrected chi connectivity index (χ1v) is 17.9. The summed E-state index contributed by atoms with van der Waals surface area (Å²) in [6, 6.07) is 6.08. The third-order valence-electron chi connectivity index (χ3n) is 6.27. The van der Waals surface area contributed by atoms with Crippen molar-refractivity contribution in [2.45, 2.75) is 22.1 Å². The Morgan fingerprint density at radius 2 is 1.09 bits per heavy atom. The van der Waals surface area contributed by atoms with Crippen molar-refractivity contribution in [3.05, 3.63) is 104 Å². The van der Waals surface area contributed by atoms with Crippen molar-refractivity contribution >= 4 is 89.7 Å². The first kappa shape index (κ1) is 43.3. The van der Waals surface area contributed by atoms with Crippen molar-refractivity contribution in [3.63, 3.8) is 0 Å². The highest BCUT2D eigenvalue weighted by Gasteiger charge is 2.36. The Morgan fingerprint density at radius 1 is 0.717 bits per heavy atom. The molecule has 1 amide bonds. The average Bonchev–Trinajstić information content (AvgIpc) is 3.03. The number of halogens is 10. The van der Waals surface area contributed by atoms with E-state index in [2.05, 4.69) is 9.97 Å². The van der Waals surface area contributed by atoms with E-state index < -0.39 is 86.6 Å². The number of hydrogen-bond donors (Lipinski definition) is 3. The maximum Gasteiger partial charge on any atom is 0.417 e. The van der Waals surface area contributed by atoms with Gasteiger partial charge in [-0.15, -0.1) is 0 Å². The number of nitrogens with one attached hydrogen (secondary N) is 2. The van der Waals surface area contributed by atoms with E-state index in [1.54, 1.807) is 0 Å². The Labute approximate surface area is 315 Å². The fourth-order valence-corrected chi connectivity index (χ4v) is 6.72. The first-order valence-electron chi connectivity index (χ1n) is 13.4. The van der Waals surface area contributed by atoms with E-state index in [0.717, 1.165) is 53.9 Å². The third kappa shape index (κ3) is 11.0. The fourth-order valence-electron chi connectivity index (χ4n) is 3.79. The Bertz CT molecular complexity index is 2280. The van der Waals surface area contributed by atoms with Crippen molar-refractivity contribution in [2.24, 2.45) is 0 Å². The Hall–Kier alpha value is -4.12. The monoisotopic (exact) mass is 871 g/mol. The van der Waals surface area contributed by atoms with Gasteiger partial charge in [0.2, 0.25) is 0 Å². The number of hydrogen-bond acceptors (Lipinski definition) is 9. The van der Waals surface area contributed by atoms with Crippen LogP contribution in [0.3, 0.4) is 0 Å². The molecule has 0 spiro atoms. The summed E-state index contributed by atoms with van der Waals surface area (Å²) in [4.78, 5) is 33.8. The topological polar surface area (TPSA) is 185 Å². The number of aromatic nitrogens is 2. The van der Waals surface area contributed by atoms with Gasteiger partial charge in [-0.25, -0.2) is 36.7 Å². The molecular weight excluding hydrogens is 854 g/mol. The zero-order valence-corrected chi connectivity index (χ0v) is 30.7. The molecule has 2 aromatic heterocycles. The molecule has 0 radical (unpaired) electrons. The molecule has 286 valence electrons. The zero-order chi connectivity index (χ0) is 40.3. The second-order valence-electron chi connectivity index (χ2n) is 9.88. The molecular formula is C28H19Cl4F6N5O8S2. The molecule has 0 bridgehead atoms. The molecule has 0 unspecified atom stereocenters. The highest BCUT2D eigenvalue weighted by Crippen LogP contribution is 2.38. The second-order valence-corrected chi connectivity index (χ2v) is 14.9. The van der Waals surface area contributed by atoms with E-state index in [-0.39, 0.29) is 21.4 Å². The number of carbonyl (C=O) groups is 2. The first-order chi connectivity index (χ1) is 24.3. The van der Waals surface area contributed by atoms with Crippen LogP contribution in [0, 0.1) is 0 Å². The normalized spacial score (nSPS) is 12.0. The number of carboxylic acids is 1. The van der Waals surface area contributed by atoms with Crippen LogP contribution in [-0.4, -0.2) is 63.0 Å². The molecule has 4 rings (SSSR count). The van der Waals surface area contributed by atoms with Crippen LogP contribution in [0.5, 0.6) is 0 Å². The molecule has 2 aromatic carbocycles. The van der Waals surface area contributed by atoms with E-state index in [1.165, 1.54) is 14.2 Å².